The van der Waals surface area contributed by atoms with Crippen molar-refractivity contribution in [3.05, 3.63) is 40.4 Å². The molecule has 0 saturated carbocycles. The average molecular weight is 343 g/mol. The molecule has 0 unspecified atom stereocenters. The summed E-state index contributed by atoms with van der Waals surface area (Å²) in [5, 5.41) is 11.8. The summed E-state index contributed by atoms with van der Waals surface area (Å²) in [7, 11) is -3.55. The largest absolute Gasteiger partial charge is 0.368 e. The standard InChI is InChI=1S/C12H11ClN4O2S2/c13-10-3-4-11(20-10)21(18,19)17-7-6-16-12-9(8-14)2-1-5-15-12/h1-5,17H,6-7H2,(H,15,16). The van der Waals surface area contributed by atoms with Crippen LogP contribution in [0.3, 0.4) is 0 Å². The van der Waals surface area contributed by atoms with Gasteiger partial charge in [0.05, 0.1) is 9.90 Å². The van der Waals surface area contributed by atoms with E-state index in [-0.39, 0.29) is 10.8 Å². The number of anilines is 1. The third kappa shape index (κ3) is 4.15. The fourth-order valence-corrected chi connectivity index (χ4v) is 4.08. The van der Waals surface area contributed by atoms with Crippen LogP contribution in [-0.4, -0.2) is 26.5 Å². The van der Waals surface area contributed by atoms with Crippen LogP contribution in [0.4, 0.5) is 5.82 Å². The Balaban J connectivity index is 1.89. The quantitative estimate of drug-likeness (QED) is 0.783. The maximum atomic E-state index is 11.9. The van der Waals surface area contributed by atoms with Crippen molar-refractivity contribution in [3.8, 4) is 6.07 Å². The molecule has 21 heavy (non-hydrogen) atoms. The van der Waals surface area contributed by atoms with E-state index in [0.29, 0.717) is 22.3 Å². The van der Waals surface area contributed by atoms with Crippen LogP contribution in [0.1, 0.15) is 5.56 Å². The molecule has 0 aliphatic heterocycles. The number of hydrogen-bond donors (Lipinski definition) is 2. The predicted octanol–water partition coefficient (Wildman–Crippen LogP) is 2.06. The van der Waals surface area contributed by atoms with E-state index in [1.54, 1.807) is 18.3 Å². The lowest BCUT2D eigenvalue weighted by atomic mass is 10.3. The zero-order valence-electron chi connectivity index (χ0n) is 10.7. The van der Waals surface area contributed by atoms with Gasteiger partial charge in [-0.3, -0.25) is 0 Å². The molecule has 0 aliphatic rings. The van der Waals surface area contributed by atoms with Crippen LogP contribution in [0.2, 0.25) is 4.34 Å². The van der Waals surface area contributed by atoms with Crippen molar-refractivity contribution in [2.75, 3.05) is 18.4 Å². The number of rotatable bonds is 6. The first-order valence-electron chi connectivity index (χ1n) is 5.87. The number of thiophene rings is 1. The van der Waals surface area contributed by atoms with Gasteiger partial charge in [-0.1, -0.05) is 11.6 Å². The lowest BCUT2D eigenvalue weighted by molar-refractivity contribution is 0.585. The summed E-state index contributed by atoms with van der Waals surface area (Å²) in [6.07, 6.45) is 1.56. The molecule has 2 N–H and O–H groups in total. The van der Waals surface area contributed by atoms with Gasteiger partial charge in [0.25, 0.3) is 0 Å². The molecule has 2 rings (SSSR count). The maximum Gasteiger partial charge on any atom is 0.250 e. The van der Waals surface area contributed by atoms with E-state index >= 15 is 0 Å². The molecule has 0 radical (unpaired) electrons. The van der Waals surface area contributed by atoms with Gasteiger partial charge in [-0.2, -0.15) is 5.26 Å². The van der Waals surface area contributed by atoms with Gasteiger partial charge >= 0.3 is 0 Å². The molecule has 0 atom stereocenters. The van der Waals surface area contributed by atoms with E-state index in [1.165, 1.54) is 12.1 Å². The Labute approximate surface area is 131 Å². The first kappa shape index (κ1) is 15.7. The van der Waals surface area contributed by atoms with Crippen LogP contribution < -0.4 is 10.0 Å². The predicted molar refractivity (Wildman–Crippen MR) is 82.0 cm³/mol. The Hall–Kier alpha value is -1.66. The molecule has 2 aromatic heterocycles. The van der Waals surface area contributed by atoms with Gasteiger partial charge in [-0.25, -0.2) is 18.1 Å². The second-order valence-corrected chi connectivity index (χ2v) is 7.60. The van der Waals surface area contributed by atoms with Crippen molar-refractivity contribution in [2.45, 2.75) is 4.21 Å². The minimum absolute atomic E-state index is 0.166. The highest BCUT2D eigenvalue weighted by Crippen LogP contribution is 2.25. The van der Waals surface area contributed by atoms with Gasteiger partial charge in [0.2, 0.25) is 10.0 Å². The summed E-state index contributed by atoms with van der Waals surface area (Å²) in [5.41, 5.74) is 0.408. The second kappa shape index (κ2) is 6.87. The highest BCUT2D eigenvalue weighted by Gasteiger charge is 2.15. The van der Waals surface area contributed by atoms with Crippen molar-refractivity contribution in [1.82, 2.24) is 9.71 Å². The first-order chi connectivity index (χ1) is 10.0. The number of aromatic nitrogens is 1. The van der Waals surface area contributed by atoms with E-state index in [0.717, 1.165) is 11.3 Å². The van der Waals surface area contributed by atoms with Crippen molar-refractivity contribution < 1.29 is 8.42 Å². The Morgan fingerprint density at radius 3 is 2.81 bits per heavy atom. The molecule has 6 nitrogen and oxygen atoms in total. The molecule has 0 aliphatic carbocycles. The monoisotopic (exact) mass is 342 g/mol. The Kier molecular flexibility index (Phi) is 5.14. The van der Waals surface area contributed by atoms with Gasteiger partial charge in [-0.05, 0) is 24.3 Å². The maximum absolute atomic E-state index is 11.9. The number of halogens is 1. The number of nitrogens with one attached hydrogen (secondary N) is 2. The first-order valence-corrected chi connectivity index (χ1v) is 8.54. The third-order valence-electron chi connectivity index (χ3n) is 2.45. The molecule has 0 spiro atoms. The van der Waals surface area contributed by atoms with E-state index < -0.39 is 10.0 Å². The van der Waals surface area contributed by atoms with E-state index in [2.05, 4.69) is 15.0 Å². The molecule has 9 heteroatoms. The molecule has 110 valence electrons. The summed E-state index contributed by atoms with van der Waals surface area (Å²) in [6, 6.07) is 8.28. The van der Waals surface area contributed by atoms with Crippen molar-refractivity contribution >= 4 is 38.8 Å². The van der Waals surface area contributed by atoms with Crippen LogP contribution in [0.15, 0.2) is 34.7 Å². The molecule has 0 aromatic carbocycles. The van der Waals surface area contributed by atoms with Gasteiger partial charge in [0, 0.05) is 19.3 Å². The second-order valence-electron chi connectivity index (χ2n) is 3.89. The fraction of sp³-hybridized carbons (Fsp3) is 0.167. The Morgan fingerprint density at radius 2 is 2.14 bits per heavy atom. The van der Waals surface area contributed by atoms with Gasteiger partial charge in [0.15, 0.2) is 0 Å². The summed E-state index contributed by atoms with van der Waals surface area (Å²) < 4.78 is 26.9. The van der Waals surface area contributed by atoms with Crippen molar-refractivity contribution in [3.63, 3.8) is 0 Å². The summed E-state index contributed by atoms with van der Waals surface area (Å²) in [5.74, 6) is 0.429. The number of sulfonamides is 1. The van der Waals surface area contributed by atoms with Gasteiger partial charge in [-0.15, -0.1) is 11.3 Å². The van der Waals surface area contributed by atoms with Crippen LogP contribution in [0.5, 0.6) is 0 Å². The summed E-state index contributed by atoms with van der Waals surface area (Å²) >= 11 is 6.71. The normalized spacial score (nSPS) is 11.0. The number of nitriles is 1. The van der Waals surface area contributed by atoms with Crippen LogP contribution in [-0.2, 0) is 10.0 Å². The van der Waals surface area contributed by atoms with E-state index in [4.69, 9.17) is 16.9 Å². The molecule has 0 fully saturated rings. The van der Waals surface area contributed by atoms with E-state index in [1.807, 2.05) is 6.07 Å². The number of nitrogens with zero attached hydrogens (tertiary/aromatic N) is 2. The van der Waals surface area contributed by atoms with E-state index in [9.17, 15) is 8.42 Å². The number of hydrogen-bond acceptors (Lipinski definition) is 6. The lowest BCUT2D eigenvalue weighted by Gasteiger charge is -2.08. The molecule has 2 heterocycles. The minimum Gasteiger partial charge on any atom is -0.368 e. The zero-order chi connectivity index (χ0) is 15.3. The molecule has 0 bridgehead atoms. The van der Waals surface area contributed by atoms with Crippen molar-refractivity contribution in [1.29, 1.82) is 5.26 Å². The summed E-state index contributed by atoms with van der Waals surface area (Å²) in [4.78, 5) is 4.02. The Morgan fingerprint density at radius 1 is 1.33 bits per heavy atom. The van der Waals surface area contributed by atoms with Crippen LogP contribution in [0, 0.1) is 11.3 Å². The van der Waals surface area contributed by atoms with Gasteiger partial charge in [0.1, 0.15) is 16.1 Å². The Bertz CT molecular complexity index is 768. The highest BCUT2D eigenvalue weighted by molar-refractivity contribution is 7.91. The average Bonchev–Trinajstić information content (AvgIpc) is 2.91. The molecule has 0 saturated heterocycles. The smallest absolute Gasteiger partial charge is 0.250 e. The highest BCUT2D eigenvalue weighted by atomic mass is 35.5. The van der Waals surface area contributed by atoms with Crippen molar-refractivity contribution in [2.24, 2.45) is 0 Å². The number of pyridine rings is 1. The SMILES string of the molecule is N#Cc1cccnc1NCCNS(=O)(=O)c1ccc(Cl)s1. The lowest BCUT2D eigenvalue weighted by Crippen LogP contribution is -2.28. The molecule has 0 amide bonds. The molecule has 2 aromatic rings. The minimum atomic E-state index is -3.55. The van der Waals surface area contributed by atoms with Crippen LogP contribution in [0.25, 0.3) is 0 Å². The molecular formula is C12H11ClN4O2S2. The third-order valence-corrected chi connectivity index (χ3v) is 5.64. The molecular weight excluding hydrogens is 332 g/mol. The summed E-state index contributed by atoms with van der Waals surface area (Å²) in [6.45, 7) is 0.476. The van der Waals surface area contributed by atoms with Crippen LogP contribution >= 0.6 is 22.9 Å². The fourth-order valence-electron chi connectivity index (χ4n) is 1.52. The topological polar surface area (TPSA) is 94.9 Å². The van der Waals surface area contributed by atoms with Gasteiger partial charge < -0.3 is 5.32 Å². The zero-order valence-corrected chi connectivity index (χ0v) is 13.1.